The van der Waals surface area contributed by atoms with E-state index in [1.807, 2.05) is 6.92 Å². The lowest BCUT2D eigenvalue weighted by Crippen LogP contribution is -2.34. The largest absolute Gasteiger partial charge is 0.444 e. The Labute approximate surface area is 144 Å². The first-order chi connectivity index (χ1) is 10.3. The number of anilines is 1. The summed E-state index contributed by atoms with van der Waals surface area (Å²) in [4.78, 5) is 24.4. The predicted octanol–water partition coefficient (Wildman–Crippen LogP) is 2.95. The lowest BCUT2D eigenvalue weighted by molar-refractivity contribution is 0.0948. The molecule has 2 heterocycles. The highest BCUT2D eigenvalue weighted by atomic mass is 79.9. The fourth-order valence-corrected chi connectivity index (χ4v) is 3.38. The van der Waals surface area contributed by atoms with Gasteiger partial charge in [-0.1, -0.05) is 0 Å². The summed E-state index contributed by atoms with van der Waals surface area (Å²) in [7, 11) is 0. The van der Waals surface area contributed by atoms with E-state index in [9.17, 15) is 9.59 Å². The van der Waals surface area contributed by atoms with Crippen molar-refractivity contribution in [3.05, 3.63) is 38.6 Å². The number of rotatable bonds is 3. The third-order valence-corrected chi connectivity index (χ3v) is 4.64. The summed E-state index contributed by atoms with van der Waals surface area (Å²) < 4.78 is 5.57. The van der Waals surface area contributed by atoms with Gasteiger partial charge >= 0.3 is 0 Å². The smallest absolute Gasteiger partial charge is 0.293 e. The molecule has 9 heteroatoms. The van der Waals surface area contributed by atoms with Crippen LogP contribution in [-0.2, 0) is 0 Å². The minimum Gasteiger partial charge on any atom is -0.444 e. The summed E-state index contributed by atoms with van der Waals surface area (Å²) >= 11 is 9.53. The first kappa shape index (κ1) is 16.7. The Bertz CT molecular complexity index is 767. The number of carbonyl (C=O) groups excluding carboxylic acids is 2. The normalized spacial score (nSPS) is 10.3. The van der Waals surface area contributed by atoms with Gasteiger partial charge < -0.3 is 15.5 Å². The summed E-state index contributed by atoms with van der Waals surface area (Å²) in [5.74, 6) is -0.924. The molecule has 0 saturated carbocycles. The molecule has 0 spiro atoms. The highest BCUT2D eigenvalue weighted by Gasteiger charge is 2.19. The van der Waals surface area contributed by atoms with Gasteiger partial charge in [0.05, 0.1) is 5.56 Å². The van der Waals surface area contributed by atoms with Crippen molar-refractivity contribution in [2.45, 2.75) is 13.8 Å². The molecule has 0 fully saturated rings. The molecule has 2 rings (SSSR count). The second-order valence-corrected chi connectivity index (χ2v) is 6.78. The Morgan fingerprint density at radius 3 is 2.59 bits per heavy atom. The van der Waals surface area contributed by atoms with Crippen LogP contribution in [0, 0.1) is 13.8 Å². The predicted molar refractivity (Wildman–Crippen MR) is 92.4 cm³/mol. The van der Waals surface area contributed by atoms with E-state index >= 15 is 0 Å². The summed E-state index contributed by atoms with van der Waals surface area (Å²) in [6, 6.07) is 3.11. The Hall–Kier alpha value is -1.71. The number of aryl methyl sites for hydroxylation is 1. The van der Waals surface area contributed by atoms with Crippen LogP contribution in [0.25, 0.3) is 0 Å². The average Bonchev–Trinajstić information content (AvgIpc) is 2.94. The van der Waals surface area contributed by atoms with E-state index in [1.165, 1.54) is 17.4 Å². The zero-order chi connectivity index (χ0) is 16.4. The van der Waals surface area contributed by atoms with Crippen LogP contribution < -0.4 is 16.4 Å². The second-order valence-electron chi connectivity index (χ2n) is 4.36. The first-order valence-corrected chi connectivity index (χ1v) is 8.08. The van der Waals surface area contributed by atoms with E-state index in [4.69, 9.17) is 22.4 Å². The fraction of sp³-hybridized carbons (Fsp3) is 0.154. The number of furan rings is 1. The fourth-order valence-electron chi connectivity index (χ4n) is 1.75. The molecule has 0 aliphatic carbocycles. The van der Waals surface area contributed by atoms with Crippen molar-refractivity contribution >= 4 is 61.4 Å². The zero-order valence-electron chi connectivity index (χ0n) is 11.7. The minimum atomic E-state index is -0.548. The number of halogens is 1. The number of thiocarbonyl (C=S) groups is 1. The first-order valence-electron chi connectivity index (χ1n) is 6.07. The third-order valence-electron chi connectivity index (χ3n) is 2.88. The van der Waals surface area contributed by atoms with Crippen molar-refractivity contribution in [3.63, 3.8) is 0 Å². The van der Waals surface area contributed by atoms with E-state index in [-0.39, 0.29) is 10.9 Å². The molecule has 2 amide bonds. The number of nitrogens with one attached hydrogen (secondary N) is 2. The number of primary amides is 1. The van der Waals surface area contributed by atoms with Gasteiger partial charge in [0.1, 0.15) is 5.00 Å². The summed E-state index contributed by atoms with van der Waals surface area (Å²) in [6.07, 6.45) is 0. The number of nitrogens with two attached hydrogens (primary N) is 1. The van der Waals surface area contributed by atoms with Crippen LogP contribution in [0.5, 0.6) is 0 Å². The van der Waals surface area contributed by atoms with Gasteiger partial charge in [-0.25, -0.2) is 0 Å². The van der Waals surface area contributed by atoms with Gasteiger partial charge in [-0.15, -0.1) is 11.3 Å². The number of amides is 2. The maximum atomic E-state index is 11.9. The molecule has 22 heavy (non-hydrogen) atoms. The monoisotopic (exact) mass is 401 g/mol. The minimum absolute atomic E-state index is 0.0567. The van der Waals surface area contributed by atoms with E-state index in [0.29, 0.717) is 15.2 Å². The van der Waals surface area contributed by atoms with Crippen LogP contribution in [0.4, 0.5) is 5.00 Å². The maximum Gasteiger partial charge on any atom is 0.293 e. The Morgan fingerprint density at radius 1 is 1.36 bits per heavy atom. The standard InChI is InChI=1S/C13H12BrN3O3S2/c1-5-6(2)22-12(9(5)10(15)18)17-13(21)16-11(19)7-3-4-8(14)20-7/h3-4H,1-2H3,(H2,15,18)(H2,16,17,19,21). The molecule has 116 valence electrons. The SMILES string of the molecule is Cc1sc(NC(=S)NC(=O)c2ccc(Br)o2)c(C(N)=O)c1C. The van der Waals surface area contributed by atoms with Crippen LogP contribution in [0.2, 0.25) is 0 Å². The molecule has 2 aromatic rings. The van der Waals surface area contributed by atoms with Crippen molar-refractivity contribution in [1.82, 2.24) is 5.32 Å². The molecule has 0 aliphatic heterocycles. The van der Waals surface area contributed by atoms with Gasteiger partial charge in [0.25, 0.3) is 11.8 Å². The van der Waals surface area contributed by atoms with Gasteiger partial charge in [0.2, 0.25) is 0 Å². The Kier molecular flexibility index (Phi) is 4.99. The summed E-state index contributed by atoms with van der Waals surface area (Å²) in [6.45, 7) is 3.68. The van der Waals surface area contributed by atoms with E-state index in [1.54, 1.807) is 13.0 Å². The lowest BCUT2D eigenvalue weighted by Gasteiger charge is -2.08. The molecule has 0 bridgehead atoms. The number of hydrogen-bond acceptors (Lipinski definition) is 5. The molecule has 2 aromatic heterocycles. The summed E-state index contributed by atoms with van der Waals surface area (Å²) in [5.41, 5.74) is 6.55. The number of hydrogen-bond donors (Lipinski definition) is 3. The second kappa shape index (κ2) is 6.59. The topological polar surface area (TPSA) is 97.4 Å². The Balaban J connectivity index is 2.11. The quantitative estimate of drug-likeness (QED) is 0.686. The molecule has 0 unspecified atom stereocenters. The van der Waals surface area contributed by atoms with E-state index in [0.717, 1.165) is 10.4 Å². The van der Waals surface area contributed by atoms with Crippen molar-refractivity contribution in [2.24, 2.45) is 5.73 Å². The van der Waals surface area contributed by atoms with Crippen LogP contribution in [0.15, 0.2) is 21.2 Å². The van der Waals surface area contributed by atoms with Crippen molar-refractivity contribution in [2.75, 3.05) is 5.32 Å². The Morgan fingerprint density at radius 2 is 2.05 bits per heavy atom. The molecule has 0 radical (unpaired) electrons. The van der Waals surface area contributed by atoms with Crippen molar-refractivity contribution in [1.29, 1.82) is 0 Å². The molecule has 0 atom stereocenters. The molecule has 0 aliphatic rings. The zero-order valence-corrected chi connectivity index (χ0v) is 14.9. The van der Waals surface area contributed by atoms with Crippen LogP contribution in [0.3, 0.4) is 0 Å². The maximum absolute atomic E-state index is 11.9. The van der Waals surface area contributed by atoms with Gasteiger partial charge in [-0.3, -0.25) is 14.9 Å². The molecular weight excluding hydrogens is 390 g/mol. The molecular formula is C13H12BrN3O3S2. The van der Waals surface area contributed by atoms with E-state index in [2.05, 4.69) is 26.6 Å². The molecule has 6 nitrogen and oxygen atoms in total. The van der Waals surface area contributed by atoms with Crippen molar-refractivity contribution in [3.8, 4) is 0 Å². The van der Waals surface area contributed by atoms with Crippen LogP contribution in [0.1, 0.15) is 31.4 Å². The number of thiophene rings is 1. The van der Waals surface area contributed by atoms with Gasteiger partial charge in [0, 0.05) is 4.88 Å². The van der Waals surface area contributed by atoms with Crippen LogP contribution in [-0.4, -0.2) is 16.9 Å². The van der Waals surface area contributed by atoms with Crippen LogP contribution >= 0.6 is 39.5 Å². The highest BCUT2D eigenvalue weighted by molar-refractivity contribution is 9.10. The van der Waals surface area contributed by atoms with Gasteiger partial charge in [-0.2, -0.15) is 0 Å². The summed E-state index contributed by atoms with van der Waals surface area (Å²) in [5, 5.41) is 5.86. The average molecular weight is 402 g/mol. The van der Waals surface area contributed by atoms with E-state index < -0.39 is 11.8 Å². The molecule has 0 aromatic carbocycles. The van der Waals surface area contributed by atoms with Gasteiger partial charge in [-0.05, 0) is 59.7 Å². The highest BCUT2D eigenvalue weighted by Crippen LogP contribution is 2.31. The van der Waals surface area contributed by atoms with Gasteiger partial charge in [0.15, 0.2) is 15.5 Å². The lowest BCUT2D eigenvalue weighted by atomic mass is 10.1. The third kappa shape index (κ3) is 3.54. The molecule has 4 N–H and O–H groups in total. The molecule has 0 saturated heterocycles. The number of carbonyl (C=O) groups is 2. The van der Waals surface area contributed by atoms with Crippen molar-refractivity contribution < 1.29 is 14.0 Å².